The molecule has 2 nitrogen and oxygen atoms in total. The summed E-state index contributed by atoms with van der Waals surface area (Å²) in [4.78, 5) is 0. The molecule has 0 atom stereocenters. The maximum atomic E-state index is 6.19. The molecule has 0 radical (unpaired) electrons. The molecule has 1 aromatic rings. The number of benzene rings is 1. The highest BCUT2D eigenvalue weighted by Gasteiger charge is 2.13. The molecule has 0 fully saturated rings. The summed E-state index contributed by atoms with van der Waals surface area (Å²) in [5.41, 5.74) is 3.88. The summed E-state index contributed by atoms with van der Waals surface area (Å²) < 4.78 is 12.4. The zero-order chi connectivity index (χ0) is 19.2. The van der Waals surface area contributed by atoms with E-state index < -0.39 is 0 Å². The van der Waals surface area contributed by atoms with E-state index in [0.717, 1.165) is 63.2 Å². The van der Waals surface area contributed by atoms with Crippen LogP contribution >= 0.6 is 0 Å². The number of ether oxygens (including phenoxy) is 2. The Balaban J connectivity index is 3.11. The molecule has 0 aliphatic heterocycles. The predicted octanol–water partition coefficient (Wildman–Crippen LogP) is 7.29. The molecule has 0 aromatic heterocycles. The molecule has 0 aliphatic carbocycles. The molecule has 2 heteroatoms. The molecule has 1 rings (SSSR count). The lowest BCUT2D eigenvalue weighted by Gasteiger charge is -2.18. The van der Waals surface area contributed by atoms with Crippen molar-refractivity contribution >= 4 is 0 Å². The first-order valence-corrected chi connectivity index (χ1v) is 10.7. The average molecular weight is 361 g/mol. The molecule has 0 N–H and O–H groups in total. The van der Waals surface area contributed by atoms with E-state index in [-0.39, 0.29) is 0 Å². The second kappa shape index (κ2) is 13.7. The Bertz CT molecular complexity index is 496. The van der Waals surface area contributed by atoms with E-state index in [1.54, 1.807) is 0 Å². The van der Waals surface area contributed by atoms with Crippen LogP contribution in [0.1, 0.15) is 90.7 Å². The van der Waals surface area contributed by atoms with Gasteiger partial charge < -0.3 is 9.47 Å². The van der Waals surface area contributed by atoms with Gasteiger partial charge in [-0.3, -0.25) is 0 Å². The maximum absolute atomic E-state index is 6.19. The normalized spacial score (nSPS) is 10.7. The van der Waals surface area contributed by atoms with E-state index in [0.29, 0.717) is 0 Å². The third kappa shape index (κ3) is 8.78. The topological polar surface area (TPSA) is 18.5 Å². The number of unbranched alkanes of at least 4 members (excludes halogenated alkanes) is 4. The van der Waals surface area contributed by atoms with E-state index in [1.807, 2.05) is 0 Å². The van der Waals surface area contributed by atoms with Crippen molar-refractivity contribution in [1.29, 1.82) is 0 Å². The summed E-state index contributed by atoms with van der Waals surface area (Å²) in [6.45, 7) is 12.5. The minimum absolute atomic E-state index is 0.783. The van der Waals surface area contributed by atoms with Gasteiger partial charge in [-0.2, -0.15) is 0 Å². The number of rotatable bonds is 14. The van der Waals surface area contributed by atoms with Crippen LogP contribution in [0.2, 0.25) is 0 Å². The summed E-state index contributed by atoms with van der Waals surface area (Å²) in [5, 5.41) is 0. The number of hydrogen-bond donors (Lipinski definition) is 0. The molecule has 0 spiro atoms. The third-order valence-corrected chi connectivity index (χ3v) is 4.52. The van der Waals surface area contributed by atoms with Gasteiger partial charge in [0.25, 0.3) is 0 Å². The Morgan fingerprint density at radius 1 is 0.808 bits per heavy atom. The van der Waals surface area contributed by atoms with E-state index >= 15 is 0 Å². The Kier molecular flexibility index (Phi) is 11.9. The molecule has 0 heterocycles. The highest BCUT2D eigenvalue weighted by molar-refractivity contribution is 5.49. The van der Waals surface area contributed by atoms with Crippen molar-refractivity contribution < 1.29 is 9.47 Å². The van der Waals surface area contributed by atoms with Crippen LogP contribution in [0.15, 0.2) is 23.8 Å². The van der Waals surface area contributed by atoms with Crippen LogP contribution in [0.4, 0.5) is 0 Å². The lowest BCUT2D eigenvalue weighted by atomic mass is 10.0. The van der Waals surface area contributed by atoms with Gasteiger partial charge in [-0.25, -0.2) is 0 Å². The Hall–Kier alpha value is -1.44. The highest BCUT2D eigenvalue weighted by Crippen LogP contribution is 2.33. The van der Waals surface area contributed by atoms with E-state index in [1.165, 1.54) is 36.0 Å². The van der Waals surface area contributed by atoms with E-state index in [2.05, 4.69) is 52.8 Å². The quantitative estimate of drug-likeness (QED) is 0.256. The molecular weight excluding hydrogens is 320 g/mol. The van der Waals surface area contributed by atoms with Crippen molar-refractivity contribution in [2.24, 2.45) is 0 Å². The number of aryl methyl sites for hydroxylation is 1. The Morgan fingerprint density at radius 2 is 1.35 bits per heavy atom. The summed E-state index contributed by atoms with van der Waals surface area (Å²) in [5.74, 6) is 2.05. The van der Waals surface area contributed by atoms with Crippen LogP contribution in [0, 0.1) is 0 Å². The lowest BCUT2D eigenvalue weighted by molar-refractivity contribution is 0.289. The molecule has 26 heavy (non-hydrogen) atoms. The number of hydrogen-bond acceptors (Lipinski definition) is 2. The number of allylic oxidation sites excluding steroid dienone is 2. The summed E-state index contributed by atoms with van der Waals surface area (Å²) >= 11 is 0. The monoisotopic (exact) mass is 360 g/mol. The molecule has 0 bridgehead atoms. The van der Waals surface area contributed by atoms with Gasteiger partial charge in [0.05, 0.1) is 13.2 Å². The largest absolute Gasteiger partial charge is 0.493 e. The first kappa shape index (κ1) is 22.6. The van der Waals surface area contributed by atoms with Gasteiger partial charge in [0.2, 0.25) is 0 Å². The molecule has 0 amide bonds. The van der Waals surface area contributed by atoms with Gasteiger partial charge in [-0.1, -0.05) is 58.1 Å². The SMILES string of the molecule is CCCCCc1cc(OCCCC)c(CC=C(C)C)c(OCCCC)c1. The van der Waals surface area contributed by atoms with Crippen LogP contribution in [-0.4, -0.2) is 13.2 Å². The minimum Gasteiger partial charge on any atom is -0.493 e. The Labute approximate surface area is 162 Å². The van der Waals surface area contributed by atoms with Gasteiger partial charge in [0, 0.05) is 5.56 Å². The second-order valence-corrected chi connectivity index (χ2v) is 7.42. The first-order chi connectivity index (χ1) is 12.6. The van der Waals surface area contributed by atoms with Crippen LogP contribution in [0.25, 0.3) is 0 Å². The van der Waals surface area contributed by atoms with Crippen molar-refractivity contribution in [2.75, 3.05) is 13.2 Å². The van der Waals surface area contributed by atoms with Gasteiger partial charge >= 0.3 is 0 Å². The average Bonchev–Trinajstić information content (AvgIpc) is 2.61. The minimum atomic E-state index is 0.783. The summed E-state index contributed by atoms with van der Waals surface area (Å²) in [7, 11) is 0. The van der Waals surface area contributed by atoms with Crippen LogP contribution in [0.3, 0.4) is 0 Å². The lowest BCUT2D eigenvalue weighted by Crippen LogP contribution is -2.06. The predicted molar refractivity (Wildman–Crippen MR) is 114 cm³/mol. The molecule has 0 aliphatic rings. The van der Waals surface area contributed by atoms with Crippen molar-refractivity contribution in [1.82, 2.24) is 0 Å². The molecular formula is C24H40O2. The molecule has 148 valence electrons. The van der Waals surface area contributed by atoms with E-state index in [9.17, 15) is 0 Å². The zero-order valence-electron chi connectivity index (χ0n) is 17.8. The van der Waals surface area contributed by atoms with E-state index in [4.69, 9.17) is 9.47 Å². The summed E-state index contributed by atoms with van der Waals surface area (Å²) in [6, 6.07) is 4.51. The third-order valence-electron chi connectivity index (χ3n) is 4.52. The van der Waals surface area contributed by atoms with Crippen LogP contribution < -0.4 is 9.47 Å². The first-order valence-electron chi connectivity index (χ1n) is 10.7. The molecule has 0 unspecified atom stereocenters. The van der Waals surface area contributed by atoms with Crippen molar-refractivity contribution in [3.63, 3.8) is 0 Å². The van der Waals surface area contributed by atoms with Gasteiger partial charge in [-0.05, 0) is 63.6 Å². The smallest absolute Gasteiger partial charge is 0.126 e. The molecule has 0 saturated heterocycles. The fourth-order valence-corrected chi connectivity index (χ4v) is 2.82. The van der Waals surface area contributed by atoms with Crippen LogP contribution in [-0.2, 0) is 12.8 Å². The molecule has 0 saturated carbocycles. The van der Waals surface area contributed by atoms with Gasteiger partial charge in [-0.15, -0.1) is 0 Å². The van der Waals surface area contributed by atoms with Crippen molar-refractivity contribution in [3.05, 3.63) is 34.9 Å². The fourth-order valence-electron chi connectivity index (χ4n) is 2.82. The maximum Gasteiger partial charge on any atom is 0.126 e. The molecule has 1 aromatic carbocycles. The van der Waals surface area contributed by atoms with Gasteiger partial charge in [0.1, 0.15) is 11.5 Å². The van der Waals surface area contributed by atoms with Crippen molar-refractivity contribution in [2.45, 2.75) is 92.4 Å². The zero-order valence-corrected chi connectivity index (χ0v) is 17.8. The van der Waals surface area contributed by atoms with Crippen LogP contribution in [0.5, 0.6) is 11.5 Å². The van der Waals surface area contributed by atoms with Gasteiger partial charge in [0.15, 0.2) is 0 Å². The fraction of sp³-hybridized carbons (Fsp3) is 0.667. The summed E-state index contributed by atoms with van der Waals surface area (Å²) in [6.07, 6.45) is 12.5. The second-order valence-electron chi connectivity index (χ2n) is 7.42. The Morgan fingerprint density at radius 3 is 1.81 bits per heavy atom. The standard InChI is InChI=1S/C24H40O2/c1-6-9-12-13-21-18-23(25-16-10-7-2)22(15-14-20(4)5)24(19-21)26-17-11-8-3/h14,18-19H,6-13,15-17H2,1-5H3. The highest BCUT2D eigenvalue weighted by atomic mass is 16.5. The van der Waals surface area contributed by atoms with Crippen molar-refractivity contribution in [3.8, 4) is 11.5 Å².